The van der Waals surface area contributed by atoms with E-state index in [-0.39, 0.29) is 0 Å². The molecule has 0 fully saturated rings. The summed E-state index contributed by atoms with van der Waals surface area (Å²) in [6.45, 7) is 0. The highest BCUT2D eigenvalue weighted by atomic mass is 15.1. The van der Waals surface area contributed by atoms with Crippen LogP contribution in [0.5, 0.6) is 0 Å². The van der Waals surface area contributed by atoms with Gasteiger partial charge in [-0.1, -0.05) is 212 Å². The van der Waals surface area contributed by atoms with E-state index in [0.717, 1.165) is 28.2 Å². The quantitative estimate of drug-likeness (QED) is 0.141. The highest BCUT2D eigenvalue weighted by Crippen LogP contribution is 2.50. The molecule has 1 nitrogen and oxygen atoms in total. The van der Waals surface area contributed by atoms with Gasteiger partial charge >= 0.3 is 0 Å². The first-order valence-electron chi connectivity index (χ1n) is 19.6. The third-order valence-corrected chi connectivity index (χ3v) is 11.1. The van der Waals surface area contributed by atoms with Crippen molar-refractivity contribution in [2.45, 2.75) is 0 Å². The van der Waals surface area contributed by atoms with Crippen LogP contribution in [-0.2, 0) is 0 Å². The molecule has 0 saturated heterocycles. The third-order valence-electron chi connectivity index (χ3n) is 11.1. The maximum absolute atomic E-state index is 2.48. The lowest BCUT2D eigenvalue weighted by Crippen LogP contribution is -2.13. The molecule has 0 saturated carbocycles. The standard InChI is InChI=1S/C56H39N/c1-4-17-40(18-5-1)41-31-33-45(34-32-41)51-26-14-15-29-54(51)57(47-37-38-50-46(39-47)36-35-44-23-10-11-24-48(44)50)55-30-16-28-52(43-21-8-3-9-22-43)56(55)53-27-13-12-25-49(53)42-19-6-2-7-20-42/h1-39H. The largest absolute Gasteiger partial charge is 0.309 e. The van der Waals surface area contributed by atoms with Crippen LogP contribution < -0.4 is 4.90 Å². The summed E-state index contributed by atoms with van der Waals surface area (Å²) in [5.41, 5.74) is 15.1. The number of rotatable bonds is 8. The van der Waals surface area contributed by atoms with E-state index in [1.54, 1.807) is 0 Å². The van der Waals surface area contributed by atoms with E-state index in [9.17, 15) is 0 Å². The van der Waals surface area contributed by atoms with Gasteiger partial charge in [-0.25, -0.2) is 0 Å². The normalized spacial score (nSPS) is 11.2. The zero-order valence-corrected chi connectivity index (χ0v) is 31.5. The molecule has 0 heterocycles. The first-order valence-corrected chi connectivity index (χ1v) is 19.6. The van der Waals surface area contributed by atoms with Gasteiger partial charge < -0.3 is 4.90 Å². The number of nitrogens with zero attached hydrogens (tertiary/aromatic N) is 1. The minimum Gasteiger partial charge on any atom is -0.309 e. The fourth-order valence-electron chi connectivity index (χ4n) is 8.37. The lowest BCUT2D eigenvalue weighted by molar-refractivity contribution is 1.29. The van der Waals surface area contributed by atoms with Crippen molar-refractivity contribution < 1.29 is 0 Å². The van der Waals surface area contributed by atoms with Crippen molar-refractivity contribution in [3.05, 3.63) is 237 Å². The zero-order valence-electron chi connectivity index (χ0n) is 31.5. The van der Waals surface area contributed by atoms with Crippen LogP contribution in [0.25, 0.3) is 77.2 Å². The molecule has 0 spiro atoms. The van der Waals surface area contributed by atoms with E-state index in [0.29, 0.717) is 0 Å². The summed E-state index contributed by atoms with van der Waals surface area (Å²) in [6, 6.07) is 85.8. The Morgan fingerprint density at radius 3 is 1.46 bits per heavy atom. The molecule has 10 aromatic rings. The second-order valence-corrected chi connectivity index (χ2v) is 14.5. The summed E-state index contributed by atoms with van der Waals surface area (Å²) in [5, 5.41) is 4.95. The van der Waals surface area contributed by atoms with Crippen LogP contribution in [0.2, 0.25) is 0 Å². The van der Waals surface area contributed by atoms with Gasteiger partial charge in [0.05, 0.1) is 11.4 Å². The van der Waals surface area contributed by atoms with Gasteiger partial charge in [-0.2, -0.15) is 0 Å². The molecule has 0 aromatic heterocycles. The predicted molar refractivity (Wildman–Crippen MR) is 243 cm³/mol. The third kappa shape index (κ3) is 6.46. The van der Waals surface area contributed by atoms with Gasteiger partial charge in [0.25, 0.3) is 0 Å². The summed E-state index contributed by atoms with van der Waals surface area (Å²) in [5.74, 6) is 0. The van der Waals surface area contributed by atoms with E-state index in [1.165, 1.54) is 66.1 Å². The van der Waals surface area contributed by atoms with Gasteiger partial charge in [0, 0.05) is 16.8 Å². The Bertz CT molecular complexity index is 2990. The number of benzene rings is 10. The monoisotopic (exact) mass is 725 g/mol. The van der Waals surface area contributed by atoms with Crippen molar-refractivity contribution >= 4 is 38.6 Å². The second kappa shape index (κ2) is 15.0. The first-order chi connectivity index (χ1) is 28.3. The highest BCUT2D eigenvalue weighted by molar-refractivity contribution is 6.09. The molecule has 0 aliphatic rings. The molecule has 0 bridgehead atoms. The van der Waals surface area contributed by atoms with Crippen LogP contribution in [0.1, 0.15) is 0 Å². The molecule has 0 N–H and O–H groups in total. The number of hydrogen-bond donors (Lipinski definition) is 0. The molecule has 0 radical (unpaired) electrons. The van der Waals surface area contributed by atoms with E-state index >= 15 is 0 Å². The Kier molecular flexibility index (Phi) is 8.95. The molecule has 57 heavy (non-hydrogen) atoms. The Morgan fingerprint density at radius 1 is 0.246 bits per heavy atom. The van der Waals surface area contributed by atoms with Crippen molar-refractivity contribution in [2.75, 3.05) is 4.90 Å². The molecule has 0 atom stereocenters. The molecule has 10 aromatic carbocycles. The smallest absolute Gasteiger partial charge is 0.0546 e. The molecule has 10 rings (SSSR count). The number of fused-ring (bicyclic) bond motifs is 3. The van der Waals surface area contributed by atoms with E-state index in [4.69, 9.17) is 0 Å². The Balaban J connectivity index is 1.26. The number of anilines is 3. The minimum absolute atomic E-state index is 1.09. The average Bonchev–Trinajstić information content (AvgIpc) is 3.30. The maximum atomic E-state index is 2.48. The van der Waals surface area contributed by atoms with Gasteiger partial charge in [0.15, 0.2) is 0 Å². The van der Waals surface area contributed by atoms with E-state index in [1.807, 2.05) is 0 Å². The Labute approximate surface area is 334 Å². The average molecular weight is 726 g/mol. The number of hydrogen-bond acceptors (Lipinski definition) is 1. The fourth-order valence-corrected chi connectivity index (χ4v) is 8.37. The van der Waals surface area contributed by atoms with Gasteiger partial charge in [0.2, 0.25) is 0 Å². The lowest BCUT2D eigenvalue weighted by Gasteiger charge is -2.31. The van der Waals surface area contributed by atoms with Crippen LogP contribution in [0.4, 0.5) is 17.1 Å². The predicted octanol–water partition coefficient (Wildman–Crippen LogP) is 15.8. The zero-order chi connectivity index (χ0) is 38.0. The molecule has 1 heteroatoms. The van der Waals surface area contributed by atoms with Crippen molar-refractivity contribution in [1.29, 1.82) is 0 Å². The minimum atomic E-state index is 1.09. The van der Waals surface area contributed by atoms with Crippen LogP contribution >= 0.6 is 0 Å². The summed E-state index contributed by atoms with van der Waals surface area (Å²) in [7, 11) is 0. The summed E-state index contributed by atoms with van der Waals surface area (Å²) in [4.78, 5) is 2.48. The fraction of sp³-hybridized carbons (Fsp3) is 0. The molecule has 0 unspecified atom stereocenters. The molecule has 0 aliphatic heterocycles. The van der Waals surface area contributed by atoms with Crippen LogP contribution in [-0.4, -0.2) is 0 Å². The van der Waals surface area contributed by atoms with Crippen LogP contribution in [0.3, 0.4) is 0 Å². The summed E-state index contributed by atoms with van der Waals surface area (Å²) in [6.07, 6.45) is 0. The highest BCUT2D eigenvalue weighted by Gasteiger charge is 2.24. The summed E-state index contributed by atoms with van der Waals surface area (Å²) < 4.78 is 0. The number of para-hydroxylation sites is 1. The molecular weight excluding hydrogens is 687 g/mol. The molecule has 268 valence electrons. The van der Waals surface area contributed by atoms with Crippen molar-refractivity contribution in [3.63, 3.8) is 0 Å². The second-order valence-electron chi connectivity index (χ2n) is 14.5. The summed E-state index contributed by atoms with van der Waals surface area (Å²) >= 11 is 0. The molecular formula is C56H39N. The molecule has 0 aliphatic carbocycles. The van der Waals surface area contributed by atoms with E-state index in [2.05, 4.69) is 241 Å². The lowest BCUT2D eigenvalue weighted by atomic mass is 9.87. The molecule has 0 amide bonds. The maximum Gasteiger partial charge on any atom is 0.0546 e. The van der Waals surface area contributed by atoms with E-state index < -0.39 is 0 Å². The van der Waals surface area contributed by atoms with Gasteiger partial charge in [0.1, 0.15) is 0 Å². The van der Waals surface area contributed by atoms with Crippen molar-refractivity contribution in [1.82, 2.24) is 0 Å². The van der Waals surface area contributed by atoms with Gasteiger partial charge in [-0.05, 0) is 90.3 Å². The first kappa shape index (κ1) is 34.0. The van der Waals surface area contributed by atoms with Crippen LogP contribution in [0, 0.1) is 0 Å². The van der Waals surface area contributed by atoms with Crippen molar-refractivity contribution in [3.8, 4) is 55.6 Å². The Morgan fingerprint density at radius 2 is 0.719 bits per heavy atom. The van der Waals surface area contributed by atoms with Crippen LogP contribution in [0.15, 0.2) is 237 Å². The van der Waals surface area contributed by atoms with Gasteiger partial charge in [-0.3, -0.25) is 0 Å². The van der Waals surface area contributed by atoms with Crippen molar-refractivity contribution in [2.24, 2.45) is 0 Å². The van der Waals surface area contributed by atoms with Gasteiger partial charge in [-0.15, -0.1) is 0 Å². The Hall–Kier alpha value is -7.48. The SMILES string of the molecule is c1ccc(-c2ccc(-c3ccccc3N(c3ccc4c(ccc5ccccc54)c3)c3cccc(-c4ccccc4)c3-c3ccccc3-c3ccccc3)cc2)cc1. The topological polar surface area (TPSA) is 3.24 Å².